The van der Waals surface area contributed by atoms with E-state index in [-0.39, 0.29) is 5.97 Å². The lowest BCUT2D eigenvalue weighted by Gasteiger charge is -2.21. The minimum Gasteiger partial charge on any atom is -0.467 e. The first kappa shape index (κ1) is 15.0. The number of ether oxygens (including phenoxy) is 1. The Hall–Kier alpha value is -1.04. The van der Waals surface area contributed by atoms with Gasteiger partial charge in [0.15, 0.2) is 5.81 Å². The summed E-state index contributed by atoms with van der Waals surface area (Å²) in [6.45, 7) is 0.551. The van der Waals surface area contributed by atoms with Crippen LogP contribution in [0, 0.1) is 0 Å². The molecule has 0 saturated carbocycles. The molecule has 1 rings (SSSR count). The van der Waals surface area contributed by atoms with Gasteiger partial charge in [-0.05, 0) is 34.0 Å². The molecule has 1 saturated heterocycles. The summed E-state index contributed by atoms with van der Waals surface area (Å²) in [5.74, 6) is -0.936. The second kappa shape index (κ2) is 7.27. The van der Waals surface area contributed by atoms with Crippen molar-refractivity contribution in [2.24, 2.45) is 0 Å². The Labute approximate surface area is 98.1 Å². The van der Waals surface area contributed by atoms with Crippen LogP contribution >= 0.6 is 0 Å². The number of nitrogens with zero attached hydrogens (tertiary/aromatic N) is 2. The number of carbonyl (C=O) groups excluding carboxylic acids is 2. The van der Waals surface area contributed by atoms with E-state index in [0.29, 0.717) is 13.0 Å². The van der Waals surface area contributed by atoms with Crippen LogP contribution in [0.25, 0.3) is 0 Å². The van der Waals surface area contributed by atoms with Crippen molar-refractivity contribution in [1.29, 1.82) is 0 Å². The molecule has 2 radical (unpaired) electrons. The van der Waals surface area contributed by atoms with Gasteiger partial charge in [-0.3, -0.25) is 4.79 Å². The van der Waals surface area contributed by atoms with E-state index in [4.69, 9.17) is 7.85 Å². The second-order valence-corrected chi connectivity index (χ2v) is 4.05. The molecule has 0 aromatic rings. The second-order valence-electron chi connectivity index (χ2n) is 4.05. The molecule has 0 aromatic carbocycles. The Morgan fingerprint density at radius 2 is 1.88 bits per heavy atom. The molecule has 6 heteroatoms. The number of rotatable bonds is 1. The summed E-state index contributed by atoms with van der Waals surface area (Å²) in [7, 11) is 12.4. The lowest BCUT2D eigenvalue weighted by Crippen LogP contribution is -2.40. The Kier molecular flexibility index (Phi) is 6.80. The van der Waals surface area contributed by atoms with E-state index < -0.39 is 11.8 Å². The van der Waals surface area contributed by atoms with E-state index in [0.717, 1.165) is 6.42 Å². The Balaban J connectivity index is 0.000000487. The smallest absolute Gasteiger partial charge is 0.328 e. The van der Waals surface area contributed by atoms with Gasteiger partial charge in [0.1, 0.15) is 6.04 Å². The van der Waals surface area contributed by atoms with Crippen molar-refractivity contribution in [2.45, 2.75) is 18.9 Å². The van der Waals surface area contributed by atoms with Crippen molar-refractivity contribution in [1.82, 2.24) is 9.80 Å². The highest BCUT2D eigenvalue weighted by Crippen LogP contribution is 2.17. The number of esters is 1. The third-order valence-corrected chi connectivity index (χ3v) is 2.01. The zero-order chi connectivity index (χ0) is 12.7. The van der Waals surface area contributed by atoms with Crippen LogP contribution in [0.15, 0.2) is 0 Å². The number of methoxy groups -OCH3 is 1. The molecule has 1 heterocycles. The maximum absolute atomic E-state index is 11.1. The largest absolute Gasteiger partial charge is 0.467 e. The van der Waals surface area contributed by atoms with E-state index in [2.05, 4.69) is 4.74 Å². The van der Waals surface area contributed by atoms with Crippen LogP contribution in [-0.2, 0) is 9.53 Å². The summed E-state index contributed by atoms with van der Waals surface area (Å²) in [4.78, 5) is 25.2. The summed E-state index contributed by atoms with van der Waals surface area (Å²) in [5, 5.41) is 0. The normalized spacial score (nSPS) is 19.1. The average molecular weight is 226 g/mol. The molecule has 0 bridgehead atoms. The number of likely N-dealkylation sites (tertiary alicyclic amines) is 1. The molecular formula is C10H19BN2O3. The zero-order valence-electron chi connectivity index (χ0n) is 10.4. The van der Waals surface area contributed by atoms with Crippen molar-refractivity contribution >= 4 is 19.6 Å². The van der Waals surface area contributed by atoms with E-state index in [1.165, 1.54) is 12.0 Å². The fourth-order valence-corrected chi connectivity index (χ4v) is 1.41. The van der Waals surface area contributed by atoms with Crippen LogP contribution in [0.4, 0.5) is 4.79 Å². The Morgan fingerprint density at radius 1 is 1.38 bits per heavy atom. The van der Waals surface area contributed by atoms with Gasteiger partial charge in [0, 0.05) is 6.54 Å². The molecule has 0 N–H and O–H groups in total. The minimum absolute atomic E-state index is 0.383. The van der Waals surface area contributed by atoms with Crippen molar-refractivity contribution in [2.75, 3.05) is 34.8 Å². The maximum Gasteiger partial charge on any atom is 0.328 e. The first-order valence-corrected chi connectivity index (χ1v) is 5.15. The molecule has 16 heavy (non-hydrogen) atoms. The molecule has 0 aromatic heterocycles. The standard InChI is InChI=1S/C7H10BNO3.C3H9N/c1-12-6(10)5-3-2-4-9(5)7(8)11;1-4(2)3/h5H,2-4H2,1H3;1-3H3/t5-;/m0./s1. The summed E-state index contributed by atoms with van der Waals surface area (Å²) in [5.41, 5.74) is 0. The molecule has 0 spiro atoms. The predicted octanol–water partition coefficient (Wildman–Crippen LogP) is 0.0901. The minimum atomic E-state index is -0.553. The highest BCUT2D eigenvalue weighted by molar-refractivity contribution is 6.57. The fraction of sp³-hybridized carbons (Fsp3) is 0.800. The van der Waals surface area contributed by atoms with E-state index >= 15 is 0 Å². The van der Waals surface area contributed by atoms with Crippen LogP contribution in [0.5, 0.6) is 0 Å². The van der Waals surface area contributed by atoms with Crippen LogP contribution in [0.2, 0.25) is 0 Å². The van der Waals surface area contributed by atoms with Crippen LogP contribution in [-0.4, -0.2) is 70.3 Å². The molecule has 1 aliphatic heterocycles. The van der Waals surface area contributed by atoms with Gasteiger partial charge in [-0.25, -0.2) is 4.79 Å². The van der Waals surface area contributed by atoms with Gasteiger partial charge in [-0.15, -0.1) is 0 Å². The van der Waals surface area contributed by atoms with Crippen LogP contribution in [0.1, 0.15) is 12.8 Å². The molecule has 1 amide bonds. The fourth-order valence-electron chi connectivity index (χ4n) is 1.41. The number of amides is 1. The lowest BCUT2D eigenvalue weighted by atomic mass is 10.1. The van der Waals surface area contributed by atoms with E-state index in [1.54, 1.807) is 0 Å². The highest BCUT2D eigenvalue weighted by Gasteiger charge is 2.32. The van der Waals surface area contributed by atoms with Gasteiger partial charge in [0.25, 0.3) is 0 Å². The zero-order valence-corrected chi connectivity index (χ0v) is 10.4. The van der Waals surface area contributed by atoms with Crippen molar-refractivity contribution in [3.63, 3.8) is 0 Å². The van der Waals surface area contributed by atoms with Gasteiger partial charge in [0.05, 0.1) is 7.11 Å². The summed E-state index contributed by atoms with van der Waals surface area (Å²) in [6, 6.07) is -0.465. The van der Waals surface area contributed by atoms with Crippen molar-refractivity contribution in [3.8, 4) is 0 Å². The van der Waals surface area contributed by atoms with Crippen LogP contribution < -0.4 is 0 Å². The van der Waals surface area contributed by atoms with Gasteiger partial charge in [0.2, 0.25) is 7.85 Å². The maximum atomic E-state index is 11.1. The van der Waals surface area contributed by atoms with E-state index in [1.807, 2.05) is 26.0 Å². The first-order valence-electron chi connectivity index (χ1n) is 5.15. The van der Waals surface area contributed by atoms with Gasteiger partial charge >= 0.3 is 5.97 Å². The van der Waals surface area contributed by atoms with Gasteiger partial charge < -0.3 is 14.5 Å². The monoisotopic (exact) mass is 226 g/mol. The summed E-state index contributed by atoms with van der Waals surface area (Å²) in [6.07, 6.45) is 1.46. The molecule has 90 valence electrons. The quantitative estimate of drug-likeness (QED) is 0.469. The van der Waals surface area contributed by atoms with Crippen LogP contribution in [0.3, 0.4) is 0 Å². The van der Waals surface area contributed by atoms with Crippen molar-refractivity contribution < 1.29 is 14.3 Å². The number of hydrogen-bond donors (Lipinski definition) is 0. The summed E-state index contributed by atoms with van der Waals surface area (Å²) >= 11 is 0. The van der Waals surface area contributed by atoms with Gasteiger partial charge in [-0.2, -0.15) is 0 Å². The third kappa shape index (κ3) is 5.16. The predicted molar refractivity (Wildman–Crippen MR) is 62.5 cm³/mol. The van der Waals surface area contributed by atoms with Crippen molar-refractivity contribution in [3.05, 3.63) is 0 Å². The number of hydrogen-bond acceptors (Lipinski definition) is 4. The number of carbonyl (C=O) groups is 2. The molecular weight excluding hydrogens is 207 g/mol. The Bertz CT molecular complexity index is 243. The molecule has 0 unspecified atom stereocenters. The highest BCUT2D eigenvalue weighted by atomic mass is 16.5. The van der Waals surface area contributed by atoms with Gasteiger partial charge in [-0.1, -0.05) is 0 Å². The third-order valence-electron chi connectivity index (χ3n) is 2.01. The topological polar surface area (TPSA) is 49.9 Å². The molecule has 5 nitrogen and oxygen atoms in total. The molecule has 1 aliphatic rings. The average Bonchev–Trinajstić information content (AvgIpc) is 2.64. The molecule has 0 aliphatic carbocycles. The molecule has 1 fully saturated rings. The SMILES string of the molecule is CN(C)C.[B]C(=O)N1CCC[C@H]1C(=O)OC. The van der Waals surface area contributed by atoms with E-state index in [9.17, 15) is 9.59 Å². The Morgan fingerprint density at radius 3 is 2.25 bits per heavy atom. The summed E-state index contributed by atoms with van der Waals surface area (Å²) < 4.78 is 4.53. The lowest BCUT2D eigenvalue weighted by molar-refractivity contribution is -0.144. The molecule has 1 atom stereocenters. The first-order chi connectivity index (χ1) is 7.40.